The van der Waals surface area contributed by atoms with E-state index in [0.29, 0.717) is 6.61 Å². The molecular formula is C41H74O2. The minimum absolute atomic E-state index is 0.124. The maximum atomic E-state index is 12.8. The lowest BCUT2D eigenvalue weighted by molar-refractivity contribution is 0.0496. The van der Waals surface area contributed by atoms with Gasteiger partial charge in [0.25, 0.3) is 0 Å². The molecule has 43 heavy (non-hydrogen) atoms. The molecule has 250 valence electrons. The summed E-state index contributed by atoms with van der Waals surface area (Å²) in [5.74, 6) is 0.742. The van der Waals surface area contributed by atoms with Crippen molar-refractivity contribution in [3.63, 3.8) is 0 Å². The van der Waals surface area contributed by atoms with E-state index in [2.05, 4.69) is 32.9 Å². The molecule has 0 aliphatic carbocycles. The van der Waals surface area contributed by atoms with Crippen LogP contribution in [-0.4, -0.2) is 12.6 Å². The predicted octanol–water partition coefficient (Wildman–Crippen LogP) is 14.0. The quantitative estimate of drug-likeness (QED) is 0.0609. The molecule has 0 spiro atoms. The first-order valence-electron chi connectivity index (χ1n) is 19.4. The van der Waals surface area contributed by atoms with Gasteiger partial charge in [0.2, 0.25) is 0 Å². The van der Waals surface area contributed by atoms with Gasteiger partial charge in [0.1, 0.15) is 0 Å². The van der Waals surface area contributed by atoms with Crippen LogP contribution in [0.15, 0.2) is 24.3 Å². The Morgan fingerprint density at radius 2 is 0.930 bits per heavy atom. The van der Waals surface area contributed by atoms with Gasteiger partial charge in [0.15, 0.2) is 0 Å². The monoisotopic (exact) mass is 599 g/mol. The number of rotatable bonds is 32. The number of ether oxygens (including phenoxy) is 1. The van der Waals surface area contributed by atoms with Crippen LogP contribution in [0.5, 0.6) is 0 Å². The summed E-state index contributed by atoms with van der Waals surface area (Å²) < 4.78 is 5.67. The molecule has 0 aliphatic rings. The van der Waals surface area contributed by atoms with Gasteiger partial charge in [-0.05, 0) is 36.8 Å². The summed E-state index contributed by atoms with van der Waals surface area (Å²) in [4.78, 5) is 12.8. The zero-order chi connectivity index (χ0) is 31.1. The van der Waals surface area contributed by atoms with Crippen LogP contribution >= 0.6 is 0 Å². The van der Waals surface area contributed by atoms with Crippen molar-refractivity contribution in [1.82, 2.24) is 0 Å². The van der Waals surface area contributed by atoms with Crippen LogP contribution in [0.3, 0.4) is 0 Å². The van der Waals surface area contributed by atoms with E-state index in [1.54, 1.807) is 0 Å². The third-order valence-electron chi connectivity index (χ3n) is 9.20. The van der Waals surface area contributed by atoms with Crippen molar-refractivity contribution >= 4 is 5.97 Å². The molecule has 1 aromatic carbocycles. The fraction of sp³-hybridized carbons (Fsp3) is 0.829. The van der Waals surface area contributed by atoms with E-state index in [1.807, 2.05) is 12.1 Å². The third-order valence-corrected chi connectivity index (χ3v) is 9.20. The molecule has 0 amide bonds. The number of carbonyl (C=O) groups is 1. The standard InChI is InChI=1S/C41H74O2/c1-4-5-6-7-8-9-10-11-14-17-20-23-26-29-34-39-35-30-31-36-40(39)41(42)43-37-32-27-24-21-18-15-12-13-16-19-22-25-28-33-38(2)3/h30-31,35-36,38H,4-29,32-34,37H2,1-3H3. The summed E-state index contributed by atoms with van der Waals surface area (Å²) in [6.45, 7) is 7.51. The number of carbonyl (C=O) groups excluding carboxylic acids is 1. The Balaban J connectivity index is 1.96. The highest BCUT2D eigenvalue weighted by Crippen LogP contribution is 2.18. The Morgan fingerprint density at radius 1 is 0.535 bits per heavy atom. The fourth-order valence-electron chi connectivity index (χ4n) is 6.29. The van der Waals surface area contributed by atoms with Crippen molar-refractivity contribution < 1.29 is 9.53 Å². The second kappa shape index (κ2) is 30.7. The number of esters is 1. The average Bonchev–Trinajstić information content (AvgIpc) is 3.01. The van der Waals surface area contributed by atoms with Crippen molar-refractivity contribution in [1.29, 1.82) is 0 Å². The normalized spacial score (nSPS) is 11.4. The molecule has 0 aliphatic heterocycles. The minimum Gasteiger partial charge on any atom is -0.462 e. The van der Waals surface area contributed by atoms with Crippen LogP contribution in [0.25, 0.3) is 0 Å². The van der Waals surface area contributed by atoms with Gasteiger partial charge in [-0.15, -0.1) is 0 Å². The summed E-state index contributed by atoms with van der Waals surface area (Å²) in [5.41, 5.74) is 1.95. The predicted molar refractivity (Wildman–Crippen MR) is 190 cm³/mol. The van der Waals surface area contributed by atoms with Gasteiger partial charge in [0.05, 0.1) is 12.2 Å². The Labute approximate surface area is 269 Å². The Bertz CT molecular complexity index is 724. The average molecular weight is 599 g/mol. The number of unbranched alkanes of at least 4 members (excludes halogenated alkanes) is 25. The van der Waals surface area contributed by atoms with Gasteiger partial charge < -0.3 is 4.74 Å². The summed E-state index contributed by atoms with van der Waals surface area (Å²) >= 11 is 0. The lowest BCUT2D eigenvalue weighted by atomic mass is 10.00. The van der Waals surface area contributed by atoms with Crippen molar-refractivity contribution in [2.45, 2.75) is 207 Å². The van der Waals surface area contributed by atoms with Gasteiger partial charge in [-0.3, -0.25) is 0 Å². The van der Waals surface area contributed by atoms with E-state index < -0.39 is 0 Å². The van der Waals surface area contributed by atoms with Gasteiger partial charge >= 0.3 is 5.97 Å². The van der Waals surface area contributed by atoms with Crippen LogP contribution in [0.1, 0.15) is 216 Å². The first-order valence-corrected chi connectivity index (χ1v) is 19.4. The first-order chi connectivity index (χ1) is 21.1. The molecule has 0 saturated heterocycles. The lowest BCUT2D eigenvalue weighted by Gasteiger charge is -2.10. The van der Waals surface area contributed by atoms with Crippen molar-refractivity contribution in [2.75, 3.05) is 6.61 Å². The summed E-state index contributed by atoms with van der Waals surface area (Å²) in [6, 6.07) is 8.10. The topological polar surface area (TPSA) is 26.3 Å². The van der Waals surface area contributed by atoms with Crippen molar-refractivity contribution in [2.24, 2.45) is 5.92 Å². The molecule has 0 radical (unpaired) electrons. The van der Waals surface area contributed by atoms with Crippen LogP contribution in [0, 0.1) is 5.92 Å². The molecule has 0 aromatic heterocycles. The highest BCUT2D eigenvalue weighted by molar-refractivity contribution is 5.91. The van der Waals surface area contributed by atoms with E-state index >= 15 is 0 Å². The fourth-order valence-corrected chi connectivity index (χ4v) is 6.29. The molecule has 2 nitrogen and oxygen atoms in total. The smallest absolute Gasteiger partial charge is 0.338 e. The molecule has 0 N–H and O–H groups in total. The van der Waals surface area contributed by atoms with Crippen LogP contribution in [0.4, 0.5) is 0 Å². The highest BCUT2D eigenvalue weighted by Gasteiger charge is 2.12. The molecule has 0 saturated carbocycles. The Morgan fingerprint density at radius 3 is 1.40 bits per heavy atom. The van der Waals surface area contributed by atoms with Crippen LogP contribution in [-0.2, 0) is 11.2 Å². The molecule has 2 heteroatoms. The highest BCUT2D eigenvalue weighted by atomic mass is 16.5. The SMILES string of the molecule is CCCCCCCCCCCCCCCCc1ccccc1C(=O)OCCCCCCCCCCCCCCCC(C)C. The van der Waals surface area contributed by atoms with E-state index in [-0.39, 0.29) is 5.97 Å². The van der Waals surface area contributed by atoms with Crippen LogP contribution < -0.4 is 0 Å². The first kappa shape index (κ1) is 39.7. The van der Waals surface area contributed by atoms with Gasteiger partial charge in [-0.25, -0.2) is 4.79 Å². The number of aryl methyl sites for hydroxylation is 1. The second-order valence-corrected chi connectivity index (χ2v) is 13.9. The van der Waals surface area contributed by atoms with E-state index in [1.165, 1.54) is 173 Å². The molecule has 0 unspecified atom stereocenters. The molecule has 0 bridgehead atoms. The maximum Gasteiger partial charge on any atom is 0.338 e. The van der Waals surface area contributed by atoms with Gasteiger partial charge in [-0.1, -0.05) is 206 Å². The van der Waals surface area contributed by atoms with E-state index in [0.717, 1.165) is 29.9 Å². The molecular weight excluding hydrogens is 524 g/mol. The molecule has 1 aromatic rings. The number of benzene rings is 1. The number of hydrogen-bond donors (Lipinski definition) is 0. The zero-order valence-corrected chi connectivity index (χ0v) is 29.4. The van der Waals surface area contributed by atoms with E-state index in [4.69, 9.17) is 4.74 Å². The Hall–Kier alpha value is -1.31. The van der Waals surface area contributed by atoms with Crippen LogP contribution in [0.2, 0.25) is 0 Å². The van der Waals surface area contributed by atoms with Crippen molar-refractivity contribution in [3.05, 3.63) is 35.4 Å². The number of hydrogen-bond acceptors (Lipinski definition) is 2. The summed E-state index contributed by atoms with van der Waals surface area (Å²) in [6.07, 6.45) is 39.1. The zero-order valence-electron chi connectivity index (χ0n) is 29.4. The molecule has 0 atom stereocenters. The van der Waals surface area contributed by atoms with Gasteiger partial charge in [-0.2, -0.15) is 0 Å². The second-order valence-electron chi connectivity index (χ2n) is 13.9. The van der Waals surface area contributed by atoms with E-state index in [9.17, 15) is 4.79 Å². The largest absolute Gasteiger partial charge is 0.462 e. The summed E-state index contributed by atoms with van der Waals surface area (Å²) in [7, 11) is 0. The van der Waals surface area contributed by atoms with Crippen molar-refractivity contribution in [3.8, 4) is 0 Å². The third kappa shape index (κ3) is 25.7. The minimum atomic E-state index is -0.124. The Kier molecular flexibility index (Phi) is 28.4. The molecule has 0 fully saturated rings. The molecule has 1 rings (SSSR count). The maximum absolute atomic E-state index is 12.8. The lowest BCUT2D eigenvalue weighted by Crippen LogP contribution is -2.09. The van der Waals surface area contributed by atoms with Gasteiger partial charge in [0, 0.05) is 0 Å². The molecule has 0 heterocycles. The summed E-state index contributed by atoms with van der Waals surface area (Å²) in [5, 5.41) is 0.